The molecular weight excluding hydrogens is 232 g/mol. The van der Waals surface area contributed by atoms with Crippen molar-refractivity contribution >= 4 is 16.6 Å². The lowest BCUT2D eigenvalue weighted by molar-refractivity contribution is -0.111. The van der Waals surface area contributed by atoms with Crippen molar-refractivity contribution < 1.29 is 9.57 Å². The molecule has 2 aromatic rings. The number of aromatic nitrogens is 2. The largest absolute Gasteiger partial charge is 0.247 e. The SMILES string of the molecule is C1=CN2ONC=C2C(c2cccc3nonc23)=C1. The van der Waals surface area contributed by atoms with Gasteiger partial charge in [-0.2, -0.15) is 4.94 Å². The fourth-order valence-electron chi connectivity index (χ4n) is 2.11. The van der Waals surface area contributed by atoms with Gasteiger partial charge in [-0.1, -0.05) is 18.2 Å². The van der Waals surface area contributed by atoms with Crippen LogP contribution in [0.1, 0.15) is 5.56 Å². The summed E-state index contributed by atoms with van der Waals surface area (Å²) in [5.41, 5.74) is 7.09. The number of hydrogen-bond donors (Lipinski definition) is 1. The summed E-state index contributed by atoms with van der Waals surface area (Å²) in [6.07, 6.45) is 7.53. The van der Waals surface area contributed by atoms with Gasteiger partial charge in [0.25, 0.3) is 0 Å². The van der Waals surface area contributed by atoms with Gasteiger partial charge in [0.2, 0.25) is 0 Å². The molecule has 0 aliphatic carbocycles. The Hall–Kier alpha value is -2.60. The van der Waals surface area contributed by atoms with Crippen molar-refractivity contribution in [1.82, 2.24) is 20.9 Å². The highest BCUT2D eigenvalue weighted by Gasteiger charge is 2.23. The normalized spacial score (nSPS) is 17.4. The molecule has 0 bridgehead atoms. The van der Waals surface area contributed by atoms with Gasteiger partial charge in [-0.15, -0.1) is 0 Å². The van der Waals surface area contributed by atoms with E-state index >= 15 is 0 Å². The minimum atomic E-state index is 0.738. The Morgan fingerprint density at radius 1 is 1.22 bits per heavy atom. The van der Waals surface area contributed by atoms with Crippen LogP contribution in [0.5, 0.6) is 0 Å². The molecular formula is C12H8N4O2. The number of hydroxylamine groups is 3. The fourth-order valence-corrected chi connectivity index (χ4v) is 2.11. The van der Waals surface area contributed by atoms with Crippen molar-refractivity contribution in [3.05, 3.63) is 54.0 Å². The van der Waals surface area contributed by atoms with E-state index in [1.807, 2.05) is 36.6 Å². The first-order valence-corrected chi connectivity index (χ1v) is 5.46. The summed E-state index contributed by atoms with van der Waals surface area (Å²) in [5, 5.41) is 9.45. The van der Waals surface area contributed by atoms with Gasteiger partial charge in [-0.3, -0.25) is 0 Å². The first kappa shape index (κ1) is 9.43. The second kappa shape index (κ2) is 3.44. The molecule has 0 fully saturated rings. The molecule has 1 aromatic carbocycles. The van der Waals surface area contributed by atoms with Crippen LogP contribution in [-0.2, 0) is 4.94 Å². The fraction of sp³-hybridized carbons (Fsp3) is 0. The highest BCUT2D eigenvalue weighted by Crippen LogP contribution is 2.33. The van der Waals surface area contributed by atoms with Crippen LogP contribution in [0.4, 0.5) is 0 Å². The van der Waals surface area contributed by atoms with Crippen molar-refractivity contribution in [1.29, 1.82) is 0 Å². The average Bonchev–Trinajstić information content (AvgIpc) is 3.06. The van der Waals surface area contributed by atoms with Crippen LogP contribution in [0.3, 0.4) is 0 Å². The summed E-state index contributed by atoms with van der Waals surface area (Å²) in [6.45, 7) is 0. The molecule has 3 heterocycles. The maximum Gasteiger partial charge on any atom is 0.143 e. The first-order valence-electron chi connectivity index (χ1n) is 5.46. The molecule has 0 unspecified atom stereocenters. The van der Waals surface area contributed by atoms with E-state index in [1.165, 1.54) is 0 Å². The summed E-state index contributed by atoms with van der Waals surface area (Å²) >= 11 is 0. The van der Waals surface area contributed by atoms with Gasteiger partial charge in [0.1, 0.15) is 11.0 Å². The number of allylic oxidation sites excluding steroid dienone is 3. The number of nitrogens with one attached hydrogen (secondary N) is 1. The van der Waals surface area contributed by atoms with E-state index in [9.17, 15) is 0 Å². The number of nitrogens with zero attached hydrogens (tertiary/aromatic N) is 3. The van der Waals surface area contributed by atoms with Gasteiger partial charge in [-0.25, -0.2) is 15.2 Å². The number of benzene rings is 1. The van der Waals surface area contributed by atoms with Gasteiger partial charge in [0.15, 0.2) is 0 Å². The number of fused-ring (bicyclic) bond motifs is 2. The Labute approximate surface area is 102 Å². The number of hydrogen-bond acceptors (Lipinski definition) is 6. The van der Waals surface area contributed by atoms with Crippen LogP contribution < -0.4 is 5.48 Å². The van der Waals surface area contributed by atoms with Crippen LogP contribution in [0.15, 0.2) is 53.1 Å². The predicted octanol–water partition coefficient (Wildman–Crippen LogP) is 1.73. The van der Waals surface area contributed by atoms with Gasteiger partial charge >= 0.3 is 0 Å². The standard InChI is InChI=1S/C12H8N4O2/c1-3-9(12-10(5-1)14-17-15-12)8-4-2-6-16-11(8)7-13-18-16/h1-7,13H. The maximum atomic E-state index is 5.21. The molecule has 6 heteroatoms. The summed E-state index contributed by atoms with van der Waals surface area (Å²) in [4.78, 5) is 5.21. The molecule has 0 saturated carbocycles. The van der Waals surface area contributed by atoms with Crippen molar-refractivity contribution in [3.63, 3.8) is 0 Å². The van der Waals surface area contributed by atoms with E-state index in [2.05, 4.69) is 15.8 Å². The molecule has 2 aliphatic rings. The van der Waals surface area contributed by atoms with Crippen LogP contribution >= 0.6 is 0 Å². The van der Waals surface area contributed by atoms with Crippen molar-refractivity contribution in [2.75, 3.05) is 0 Å². The predicted molar refractivity (Wildman–Crippen MR) is 63.1 cm³/mol. The van der Waals surface area contributed by atoms with Crippen LogP contribution in [0.2, 0.25) is 0 Å². The first-order chi connectivity index (χ1) is 8.93. The van der Waals surface area contributed by atoms with Crippen molar-refractivity contribution in [3.8, 4) is 0 Å². The Balaban J connectivity index is 1.95. The third-order valence-electron chi connectivity index (χ3n) is 2.92. The zero-order valence-corrected chi connectivity index (χ0v) is 9.20. The van der Waals surface area contributed by atoms with Crippen LogP contribution in [-0.4, -0.2) is 15.4 Å². The molecule has 1 N–H and O–H groups in total. The topological polar surface area (TPSA) is 63.4 Å². The minimum Gasteiger partial charge on any atom is -0.247 e. The molecule has 0 radical (unpaired) electrons. The molecule has 0 atom stereocenters. The second-order valence-electron chi connectivity index (χ2n) is 3.92. The maximum absolute atomic E-state index is 5.21. The molecule has 0 amide bonds. The van der Waals surface area contributed by atoms with Gasteiger partial charge in [-0.05, 0) is 22.5 Å². The van der Waals surface area contributed by atoms with Crippen molar-refractivity contribution in [2.24, 2.45) is 0 Å². The lowest BCUT2D eigenvalue weighted by Gasteiger charge is -2.19. The second-order valence-corrected chi connectivity index (χ2v) is 3.92. The molecule has 2 aliphatic heterocycles. The lowest BCUT2D eigenvalue weighted by Crippen LogP contribution is -2.16. The lowest BCUT2D eigenvalue weighted by atomic mass is 9.99. The van der Waals surface area contributed by atoms with E-state index in [-0.39, 0.29) is 0 Å². The van der Waals surface area contributed by atoms with Crippen LogP contribution in [0.25, 0.3) is 16.6 Å². The minimum absolute atomic E-state index is 0.738. The summed E-state index contributed by atoms with van der Waals surface area (Å²) in [5.74, 6) is 0. The van der Waals surface area contributed by atoms with E-state index in [0.29, 0.717) is 0 Å². The molecule has 6 nitrogen and oxygen atoms in total. The van der Waals surface area contributed by atoms with Gasteiger partial charge in [0, 0.05) is 17.3 Å². The highest BCUT2D eigenvalue weighted by atomic mass is 16.8. The molecule has 0 spiro atoms. The Morgan fingerprint density at radius 2 is 2.22 bits per heavy atom. The summed E-state index contributed by atoms with van der Waals surface area (Å²) in [6, 6.07) is 5.77. The Kier molecular flexibility index (Phi) is 1.80. The van der Waals surface area contributed by atoms with Crippen LogP contribution in [0, 0.1) is 0 Å². The Morgan fingerprint density at radius 3 is 3.22 bits per heavy atom. The third-order valence-corrected chi connectivity index (χ3v) is 2.92. The molecule has 1 aromatic heterocycles. The summed E-state index contributed by atoms with van der Waals surface area (Å²) < 4.78 is 4.78. The Bertz CT molecular complexity index is 714. The highest BCUT2D eigenvalue weighted by molar-refractivity contribution is 5.93. The average molecular weight is 240 g/mol. The van der Waals surface area contributed by atoms with E-state index in [4.69, 9.17) is 9.57 Å². The monoisotopic (exact) mass is 240 g/mol. The van der Waals surface area contributed by atoms with Crippen molar-refractivity contribution in [2.45, 2.75) is 0 Å². The third kappa shape index (κ3) is 1.20. The molecule has 18 heavy (non-hydrogen) atoms. The molecule has 4 rings (SSSR count). The van der Waals surface area contributed by atoms with Gasteiger partial charge < -0.3 is 0 Å². The zero-order chi connectivity index (χ0) is 11.9. The summed E-state index contributed by atoms with van der Waals surface area (Å²) in [7, 11) is 0. The quantitative estimate of drug-likeness (QED) is 0.819. The smallest absolute Gasteiger partial charge is 0.143 e. The van der Waals surface area contributed by atoms with E-state index < -0.39 is 0 Å². The molecule has 88 valence electrons. The zero-order valence-electron chi connectivity index (χ0n) is 9.20. The van der Waals surface area contributed by atoms with Gasteiger partial charge in [0.05, 0.1) is 11.9 Å². The van der Waals surface area contributed by atoms with E-state index in [1.54, 1.807) is 11.3 Å². The molecule has 0 saturated heterocycles. The number of rotatable bonds is 1. The van der Waals surface area contributed by atoms with E-state index in [0.717, 1.165) is 27.9 Å².